The van der Waals surface area contributed by atoms with E-state index in [2.05, 4.69) is 16.7 Å². The molecule has 0 atom stereocenters. The zero-order valence-electron chi connectivity index (χ0n) is 10.5. The smallest absolute Gasteiger partial charge is 0.147 e. The lowest BCUT2D eigenvalue weighted by molar-refractivity contribution is 0.270. The number of benzene rings is 1. The lowest BCUT2D eigenvalue weighted by Gasteiger charge is -2.35. The molecule has 1 aliphatic heterocycles. The largest absolute Gasteiger partial charge is 0.389 e. The average Bonchev–Trinajstić information content (AvgIpc) is 2.38. The van der Waals surface area contributed by atoms with Gasteiger partial charge in [-0.2, -0.15) is 0 Å². The Morgan fingerprint density at radius 3 is 2.50 bits per heavy atom. The number of nitrogens with zero attached hydrogens (tertiary/aromatic N) is 2. The van der Waals surface area contributed by atoms with Gasteiger partial charge in [-0.15, -0.1) is 0 Å². The molecule has 0 bridgehead atoms. The lowest BCUT2D eigenvalue weighted by Crippen LogP contribution is -2.46. The van der Waals surface area contributed by atoms with Crippen LogP contribution in [-0.4, -0.2) is 42.6 Å². The number of hydrogen-bond acceptors (Lipinski definition) is 3. The second kappa shape index (κ2) is 5.63. The molecule has 1 aliphatic rings. The summed E-state index contributed by atoms with van der Waals surface area (Å²) in [6.45, 7) is 6.87. The van der Waals surface area contributed by atoms with Crippen molar-refractivity contribution in [3.05, 3.63) is 29.6 Å². The van der Waals surface area contributed by atoms with Gasteiger partial charge in [0.25, 0.3) is 0 Å². The normalized spacial score (nSPS) is 16.9. The molecule has 0 aliphatic carbocycles. The fraction of sp³-hybridized carbons (Fsp3) is 0.462. The van der Waals surface area contributed by atoms with Gasteiger partial charge >= 0.3 is 0 Å². The molecule has 5 heteroatoms. The Balaban J connectivity index is 2.12. The number of hydrogen-bond donors (Lipinski definition) is 1. The zero-order valence-corrected chi connectivity index (χ0v) is 11.3. The average molecular weight is 267 g/mol. The van der Waals surface area contributed by atoms with E-state index in [0.29, 0.717) is 11.3 Å². The maximum absolute atomic E-state index is 14.0. The van der Waals surface area contributed by atoms with Crippen molar-refractivity contribution in [1.29, 1.82) is 0 Å². The molecule has 3 nitrogen and oxygen atoms in total. The third kappa shape index (κ3) is 2.79. The maximum Gasteiger partial charge on any atom is 0.147 e. The fourth-order valence-corrected chi connectivity index (χ4v) is 2.35. The van der Waals surface area contributed by atoms with Crippen molar-refractivity contribution in [1.82, 2.24) is 4.90 Å². The summed E-state index contributed by atoms with van der Waals surface area (Å²) < 4.78 is 14.0. The molecule has 98 valence electrons. The number of anilines is 1. The van der Waals surface area contributed by atoms with E-state index in [1.54, 1.807) is 12.1 Å². The predicted octanol–water partition coefficient (Wildman–Crippen LogP) is 1.60. The number of nitrogens with two attached hydrogens (primary N) is 1. The number of likely N-dealkylation sites (N-methyl/N-ethyl adjacent to an activating group) is 1. The Kier molecular flexibility index (Phi) is 4.14. The first-order valence-corrected chi connectivity index (χ1v) is 6.59. The van der Waals surface area contributed by atoms with E-state index in [4.69, 9.17) is 18.0 Å². The quantitative estimate of drug-likeness (QED) is 0.843. The van der Waals surface area contributed by atoms with Crippen LogP contribution in [0, 0.1) is 5.82 Å². The Labute approximate surface area is 112 Å². The fourth-order valence-electron chi connectivity index (χ4n) is 2.22. The minimum atomic E-state index is -0.245. The summed E-state index contributed by atoms with van der Waals surface area (Å²) in [6, 6.07) is 4.97. The highest BCUT2D eigenvalue weighted by Gasteiger charge is 2.18. The van der Waals surface area contributed by atoms with Crippen molar-refractivity contribution in [2.75, 3.05) is 37.6 Å². The molecule has 2 N–H and O–H groups in total. The molecular formula is C13H18FN3S. The van der Waals surface area contributed by atoms with E-state index < -0.39 is 0 Å². The summed E-state index contributed by atoms with van der Waals surface area (Å²) in [5, 5.41) is 0. The van der Waals surface area contributed by atoms with Gasteiger partial charge in [-0.25, -0.2) is 4.39 Å². The highest BCUT2D eigenvalue weighted by Crippen LogP contribution is 2.22. The van der Waals surface area contributed by atoms with Crippen molar-refractivity contribution in [2.45, 2.75) is 6.92 Å². The summed E-state index contributed by atoms with van der Waals surface area (Å²) in [7, 11) is 0. The molecule has 0 unspecified atom stereocenters. The van der Waals surface area contributed by atoms with Crippen LogP contribution in [0.2, 0.25) is 0 Å². The second-order valence-electron chi connectivity index (χ2n) is 4.45. The van der Waals surface area contributed by atoms with Gasteiger partial charge in [0.15, 0.2) is 0 Å². The Morgan fingerprint density at radius 2 is 2.00 bits per heavy atom. The number of halogens is 1. The SMILES string of the molecule is CCN1CCN(c2ccc(C(N)=S)cc2F)CC1. The second-order valence-corrected chi connectivity index (χ2v) is 4.89. The maximum atomic E-state index is 14.0. The van der Waals surface area contributed by atoms with Gasteiger partial charge in [-0.05, 0) is 24.7 Å². The van der Waals surface area contributed by atoms with Gasteiger partial charge in [-0.1, -0.05) is 19.1 Å². The highest BCUT2D eigenvalue weighted by molar-refractivity contribution is 7.80. The van der Waals surface area contributed by atoms with Crippen LogP contribution >= 0.6 is 12.2 Å². The third-order valence-corrected chi connectivity index (χ3v) is 3.63. The summed E-state index contributed by atoms with van der Waals surface area (Å²) >= 11 is 4.84. The van der Waals surface area contributed by atoms with Crippen molar-refractivity contribution in [2.24, 2.45) is 5.73 Å². The number of piperazine rings is 1. The molecule has 0 radical (unpaired) electrons. The van der Waals surface area contributed by atoms with Crippen molar-refractivity contribution < 1.29 is 4.39 Å². The van der Waals surface area contributed by atoms with E-state index in [9.17, 15) is 4.39 Å². The van der Waals surface area contributed by atoms with Crippen LogP contribution in [0.25, 0.3) is 0 Å². The van der Waals surface area contributed by atoms with Gasteiger partial charge in [0.1, 0.15) is 10.8 Å². The number of rotatable bonds is 3. The lowest BCUT2D eigenvalue weighted by atomic mass is 10.1. The van der Waals surface area contributed by atoms with Crippen molar-refractivity contribution in [3.63, 3.8) is 0 Å². The van der Waals surface area contributed by atoms with Gasteiger partial charge < -0.3 is 15.5 Å². The molecular weight excluding hydrogens is 249 g/mol. The van der Waals surface area contributed by atoms with Crippen LogP contribution in [0.5, 0.6) is 0 Å². The van der Waals surface area contributed by atoms with Crippen LogP contribution < -0.4 is 10.6 Å². The first kappa shape index (κ1) is 13.2. The Bertz CT molecular complexity index is 442. The highest BCUT2D eigenvalue weighted by atomic mass is 32.1. The minimum absolute atomic E-state index is 0.233. The summed E-state index contributed by atoms with van der Waals surface area (Å²) in [4.78, 5) is 4.67. The molecule has 0 saturated carbocycles. The van der Waals surface area contributed by atoms with Crippen LogP contribution in [0.3, 0.4) is 0 Å². The molecule has 1 fully saturated rings. The summed E-state index contributed by atoms with van der Waals surface area (Å²) in [6.07, 6.45) is 0. The van der Waals surface area contributed by atoms with E-state index in [-0.39, 0.29) is 10.8 Å². The standard InChI is InChI=1S/C13H18FN3S/c1-2-16-5-7-17(8-6-16)12-4-3-10(13(15)18)9-11(12)14/h3-4,9H,2,5-8H2,1H3,(H2,15,18). The van der Waals surface area contributed by atoms with Crippen LogP contribution in [-0.2, 0) is 0 Å². The van der Waals surface area contributed by atoms with E-state index >= 15 is 0 Å². The van der Waals surface area contributed by atoms with Gasteiger partial charge in [0.2, 0.25) is 0 Å². The van der Waals surface area contributed by atoms with Crippen molar-refractivity contribution in [3.8, 4) is 0 Å². The van der Waals surface area contributed by atoms with E-state index in [0.717, 1.165) is 32.7 Å². The summed E-state index contributed by atoms with van der Waals surface area (Å²) in [5.41, 5.74) is 6.72. The molecule has 18 heavy (non-hydrogen) atoms. The molecule has 1 aromatic carbocycles. The topological polar surface area (TPSA) is 32.5 Å². The van der Waals surface area contributed by atoms with E-state index in [1.807, 2.05) is 0 Å². The predicted molar refractivity (Wildman–Crippen MR) is 76.6 cm³/mol. The van der Waals surface area contributed by atoms with Crippen LogP contribution in [0.4, 0.5) is 10.1 Å². The summed E-state index contributed by atoms with van der Waals surface area (Å²) in [5.74, 6) is -0.245. The molecule has 1 saturated heterocycles. The Morgan fingerprint density at radius 1 is 1.33 bits per heavy atom. The first-order chi connectivity index (χ1) is 8.61. The third-order valence-electron chi connectivity index (χ3n) is 3.39. The molecule has 0 aromatic heterocycles. The number of thiocarbonyl (C=S) groups is 1. The van der Waals surface area contributed by atoms with Crippen molar-refractivity contribution >= 4 is 22.9 Å². The monoisotopic (exact) mass is 267 g/mol. The van der Waals surface area contributed by atoms with Crippen LogP contribution in [0.15, 0.2) is 18.2 Å². The molecule has 1 heterocycles. The zero-order chi connectivity index (χ0) is 13.1. The molecule has 0 spiro atoms. The van der Waals surface area contributed by atoms with Gasteiger partial charge in [0, 0.05) is 31.7 Å². The molecule has 2 rings (SSSR count). The van der Waals surface area contributed by atoms with Crippen LogP contribution in [0.1, 0.15) is 12.5 Å². The molecule has 1 aromatic rings. The van der Waals surface area contributed by atoms with Gasteiger partial charge in [0.05, 0.1) is 5.69 Å². The minimum Gasteiger partial charge on any atom is -0.389 e. The van der Waals surface area contributed by atoms with Gasteiger partial charge in [-0.3, -0.25) is 0 Å². The molecule has 0 amide bonds. The Hall–Kier alpha value is -1.20. The first-order valence-electron chi connectivity index (χ1n) is 6.18. The van der Waals surface area contributed by atoms with E-state index in [1.165, 1.54) is 6.07 Å².